The molecule has 0 aromatic heterocycles. The predicted octanol–water partition coefficient (Wildman–Crippen LogP) is 2.61. The van der Waals surface area contributed by atoms with Gasteiger partial charge in [0, 0.05) is 31.2 Å². The Morgan fingerprint density at radius 3 is 2.33 bits per heavy atom. The van der Waals surface area contributed by atoms with E-state index in [1.165, 1.54) is 27.4 Å². The van der Waals surface area contributed by atoms with Crippen LogP contribution in [0.25, 0.3) is 0 Å². The van der Waals surface area contributed by atoms with Crippen LogP contribution in [-0.2, 0) is 14.8 Å². The number of piperazine rings is 1. The highest BCUT2D eigenvalue weighted by Gasteiger charge is 2.42. The van der Waals surface area contributed by atoms with Crippen LogP contribution in [0.1, 0.15) is 34.6 Å². The van der Waals surface area contributed by atoms with Crippen LogP contribution in [0.4, 0.5) is 10.5 Å². The van der Waals surface area contributed by atoms with Gasteiger partial charge in [0.2, 0.25) is 10.0 Å². The fourth-order valence-corrected chi connectivity index (χ4v) is 4.83. The lowest BCUT2D eigenvalue weighted by Gasteiger charge is -2.44. The van der Waals surface area contributed by atoms with Gasteiger partial charge in [-0.25, -0.2) is 13.2 Å². The molecule has 1 saturated heterocycles. The van der Waals surface area contributed by atoms with Crippen molar-refractivity contribution < 1.29 is 22.9 Å². The largest absolute Gasteiger partial charge is 0.444 e. The minimum atomic E-state index is -4.09. The second-order valence-corrected chi connectivity index (χ2v) is 9.35. The number of benzene rings is 1. The predicted molar refractivity (Wildman–Crippen MR) is 98.9 cm³/mol. The molecule has 1 heterocycles. The van der Waals surface area contributed by atoms with Gasteiger partial charge in [-0.3, -0.25) is 10.1 Å². The van der Waals surface area contributed by atoms with E-state index in [1.54, 1.807) is 34.6 Å². The fraction of sp³-hybridized carbons (Fsp3) is 0.588. The third kappa shape index (κ3) is 4.38. The number of carbonyl (C=O) groups excluding carboxylic acids is 1. The van der Waals surface area contributed by atoms with Crippen molar-refractivity contribution in [1.29, 1.82) is 0 Å². The van der Waals surface area contributed by atoms with Gasteiger partial charge in [-0.1, -0.05) is 12.1 Å². The Labute approximate surface area is 159 Å². The molecule has 0 bridgehead atoms. The monoisotopic (exact) mass is 399 g/mol. The van der Waals surface area contributed by atoms with Crippen LogP contribution < -0.4 is 0 Å². The summed E-state index contributed by atoms with van der Waals surface area (Å²) in [5, 5.41) is 11.2. The van der Waals surface area contributed by atoms with Gasteiger partial charge < -0.3 is 9.64 Å². The molecule has 0 aliphatic carbocycles. The number of para-hydroxylation sites is 1. The molecular formula is C17H25N3O6S. The lowest BCUT2D eigenvalue weighted by molar-refractivity contribution is -0.387. The van der Waals surface area contributed by atoms with Crippen LogP contribution in [0.5, 0.6) is 0 Å². The zero-order valence-corrected chi connectivity index (χ0v) is 16.9. The van der Waals surface area contributed by atoms with E-state index in [-0.39, 0.29) is 18.0 Å². The number of rotatable bonds is 3. The van der Waals surface area contributed by atoms with Crippen LogP contribution in [0.3, 0.4) is 0 Å². The number of amides is 1. The van der Waals surface area contributed by atoms with E-state index >= 15 is 0 Å². The van der Waals surface area contributed by atoms with E-state index in [4.69, 9.17) is 4.74 Å². The zero-order valence-electron chi connectivity index (χ0n) is 16.1. The molecule has 1 fully saturated rings. The second-order valence-electron chi connectivity index (χ2n) is 7.50. The summed E-state index contributed by atoms with van der Waals surface area (Å²) in [5.74, 6) is 0. The maximum atomic E-state index is 13.1. The number of ether oxygens (including phenoxy) is 1. The summed E-state index contributed by atoms with van der Waals surface area (Å²) < 4.78 is 32.7. The lowest BCUT2D eigenvalue weighted by atomic mass is 10.1. The van der Waals surface area contributed by atoms with Crippen molar-refractivity contribution in [1.82, 2.24) is 9.21 Å². The summed E-state index contributed by atoms with van der Waals surface area (Å²) in [7, 11) is -4.09. The highest BCUT2D eigenvalue weighted by atomic mass is 32.2. The van der Waals surface area contributed by atoms with Gasteiger partial charge in [0.05, 0.1) is 4.92 Å². The third-order valence-electron chi connectivity index (χ3n) is 4.48. The van der Waals surface area contributed by atoms with Crippen LogP contribution in [0.15, 0.2) is 29.2 Å². The summed E-state index contributed by atoms with van der Waals surface area (Å²) in [6, 6.07) is 4.24. The van der Waals surface area contributed by atoms with E-state index in [0.717, 1.165) is 6.07 Å². The van der Waals surface area contributed by atoms with Crippen LogP contribution in [0.2, 0.25) is 0 Å². The van der Waals surface area contributed by atoms with Crippen molar-refractivity contribution in [3.8, 4) is 0 Å². The minimum absolute atomic E-state index is 0.0269. The summed E-state index contributed by atoms with van der Waals surface area (Å²) in [6.45, 7) is 8.85. The standard InChI is InChI=1S/C17H25N3O6S/c1-12-13(2)19(11-10-18(12)16(21)26-17(3,4)5)27(24,25)15-9-7-6-8-14(15)20(22)23/h6-9,12-13H,10-11H2,1-5H3/t12-,13+/m0/s1. The number of sulfonamides is 1. The maximum Gasteiger partial charge on any atom is 0.410 e. The van der Waals surface area contributed by atoms with Gasteiger partial charge in [-0.2, -0.15) is 4.31 Å². The maximum absolute atomic E-state index is 13.1. The average Bonchev–Trinajstić information content (AvgIpc) is 2.55. The van der Waals surface area contributed by atoms with E-state index in [2.05, 4.69) is 0 Å². The Morgan fingerprint density at radius 1 is 1.19 bits per heavy atom. The van der Waals surface area contributed by atoms with E-state index in [1.807, 2.05) is 0 Å². The van der Waals surface area contributed by atoms with Crippen LogP contribution >= 0.6 is 0 Å². The first-order valence-electron chi connectivity index (χ1n) is 8.61. The summed E-state index contributed by atoms with van der Waals surface area (Å²) in [5.41, 5.74) is -1.12. The Balaban J connectivity index is 2.30. The molecule has 0 saturated carbocycles. The van der Waals surface area contributed by atoms with Crippen LogP contribution in [-0.4, -0.2) is 59.4 Å². The molecule has 2 rings (SSSR count). The number of nitro groups is 1. The van der Waals surface area contributed by atoms with E-state index < -0.39 is 44.4 Å². The smallest absolute Gasteiger partial charge is 0.410 e. The van der Waals surface area contributed by atoms with Crippen molar-refractivity contribution in [3.05, 3.63) is 34.4 Å². The molecule has 10 heteroatoms. The number of nitro benzene ring substituents is 1. The Bertz CT molecular complexity index is 833. The molecule has 0 spiro atoms. The molecule has 1 amide bonds. The van der Waals surface area contributed by atoms with Gasteiger partial charge in [-0.15, -0.1) is 0 Å². The molecule has 9 nitrogen and oxygen atoms in total. The van der Waals surface area contributed by atoms with Gasteiger partial charge in [0.1, 0.15) is 5.60 Å². The molecule has 1 aromatic rings. The van der Waals surface area contributed by atoms with Crippen molar-refractivity contribution in [2.24, 2.45) is 0 Å². The third-order valence-corrected chi connectivity index (χ3v) is 6.52. The van der Waals surface area contributed by atoms with E-state index in [0.29, 0.717) is 0 Å². The molecule has 0 radical (unpaired) electrons. The highest BCUT2D eigenvalue weighted by Crippen LogP contribution is 2.30. The van der Waals surface area contributed by atoms with Crippen molar-refractivity contribution in [3.63, 3.8) is 0 Å². The topological polar surface area (TPSA) is 110 Å². The van der Waals surface area contributed by atoms with Crippen molar-refractivity contribution in [2.75, 3.05) is 13.1 Å². The molecule has 1 aliphatic rings. The number of hydrogen-bond donors (Lipinski definition) is 0. The minimum Gasteiger partial charge on any atom is -0.444 e. The second kappa shape index (κ2) is 7.43. The Kier molecular flexibility index (Phi) is 5.81. The van der Waals surface area contributed by atoms with E-state index in [9.17, 15) is 23.3 Å². The molecule has 27 heavy (non-hydrogen) atoms. The highest BCUT2D eigenvalue weighted by molar-refractivity contribution is 7.89. The fourth-order valence-electron chi connectivity index (χ4n) is 2.98. The summed E-state index contributed by atoms with van der Waals surface area (Å²) in [6.07, 6.45) is -0.510. The Morgan fingerprint density at radius 2 is 1.78 bits per heavy atom. The normalized spacial score (nSPS) is 21.7. The quantitative estimate of drug-likeness (QED) is 0.571. The number of carbonyl (C=O) groups is 1. The molecule has 2 atom stereocenters. The zero-order chi connectivity index (χ0) is 20.6. The average molecular weight is 399 g/mol. The molecule has 1 aromatic carbocycles. The molecular weight excluding hydrogens is 374 g/mol. The van der Waals surface area contributed by atoms with Gasteiger partial charge in [-0.05, 0) is 40.7 Å². The summed E-state index contributed by atoms with van der Waals surface area (Å²) >= 11 is 0. The molecule has 150 valence electrons. The summed E-state index contributed by atoms with van der Waals surface area (Å²) in [4.78, 5) is 24.0. The van der Waals surface area contributed by atoms with Gasteiger partial charge in [0.15, 0.2) is 4.90 Å². The van der Waals surface area contributed by atoms with Gasteiger partial charge >= 0.3 is 6.09 Å². The molecule has 0 N–H and O–H groups in total. The van der Waals surface area contributed by atoms with Crippen molar-refractivity contribution >= 4 is 21.8 Å². The van der Waals surface area contributed by atoms with Crippen LogP contribution in [0, 0.1) is 10.1 Å². The van der Waals surface area contributed by atoms with Crippen molar-refractivity contribution in [2.45, 2.75) is 57.2 Å². The first-order valence-corrected chi connectivity index (χ1v) is 10.0. The lowest BCUT2D eigenvalue weighted by Crippen LogP contribution is -2.60. The molecule has 1 aliphatic heterocycles. The number of nitrogens with zero attached hydrogens (tertiary/aromatic N) is 3. The Hall–Kier alpha value is -2.20. The number of hydrogen-bond acceptors (Lipinski definition) is 6. The SMILES string of the molecule is C[C@@H]1[C@H](C)N(C(=O)OC(C)(C)C)CCN1S(=O)(=O)c1ccccc1[N+](=O)[O-]. The first-order chi connectivity index (χ1) is 12.4. The van der Waals surface area contributed by atoms with Gasteiger partial charge in [0.25, 0.3) is 5.69 Å². The first kappa shape index (κ1) is 21.1. The molecule has 0 unspecified atom stereocenters.